The Morgan fingerprint density at radius 2 is 1.95 bits per heavy atom. The van der Waals surface area contributed by atoms with E-state index in [4.69, 9.17) is 9.84 Å². The molecule has 1 aromatic carbocycles. The maximum atomic E-state index is 12.4. The van der Waals surface area contributed by atoms with Gasteiger partial charge in [0.1, 0.15) is 6.61 Å². The number of hydrogen-bond acceptors (Lipinski definition) is 3. The standard InChI is InChI=1S/C16H23NO4/c1-3-12(2)15(13-7-5-4-6-8-13)16(20)17-9-10-21-11-14(18)19/h4-8,12,15H,3,9-11H2,1-2H3,(H,17,20)(H,18,19). The topological polar surface area (TPSA) is 75.6 Å². The highest BCUT2D eigenvalue weighted by Crippen LogP contribution is 2.26. The minimum absolute atomic E-state index is 0.0468. The van der Waals surface area contributed by atoms with Gasteiger partial charge in [0.25, 0.3) is 0 Å². The molecule has 1 aromatic rings. The van der Waals surface area contributed by atoms with Gasteiger partial charge < -0.3 is 15.2 Å². The Balaban J connectivity index is 2.55. The summed E-state index contributed by atoms with van der Waals surface area (Å²) < 4.78 is 4.90. The van der Waals surface area contributed by atoms with Crippen LogP contribution in [-0.4, -0.2) is 36.7 Å². The number of aliphatic carboxylic acids is 1. The summed E-state index contributed by atoms with van der Waals surface area (Å²) in [6.07, 6.45) is 0.905. The van der Waals surface area contributed by atoms with Crippen LogP contribution in [0.2, 0.25) is 0 Å². The fourth-order valence-corrected chi connectivity index (χ4v) is 2.15. The van der Waals surface area contributed by atoms with E-state index in [1.165, 1.54) is 0 Å². The Hall–Kier alpha value is -1.88. The molecule has 0 radical (unpaired) electrons. The summed E-state index contributed by atoms with van der Waals surface area (Å²) in [7, 11) is 0. The van der Waals surface area contributed by atoms with Gasteiger partial charge in [0.2, 0.25) is 5.91 Å². The molecular formula is C16H23NO4. The highest BCUT2D eigenvalue weighted by molar-refractivity contribution is 5.83. The van der Waals surface area contributed by atoms with Crippen molar-refractivity contribution in [2.75, 3.05) is 19.8 Å². The van der Waals surface area contributed by atoms with Crippen molar-refractivity contribution in [1.29, 1.82) is 0 Å². The number of rotatable bonds is 9. The van der Waals surface area contributed by atoms with Crippen LogP contribution in [0.5, 0.6) is 0 Å². The zero-order valence-electron chi connectivity index (χ0n) is 12.5. The molecule has 0 heterocycles. The predicted octanol–water partition coefficient (Wildman–Crippen LogP) is 2.03. The number of nitrogens with one attached hydrogen (secondary N) is 1. The van der Waals surface area contributed by atoms with E-state index in [0.717, 1.165) is 12.0 Å². The van der Waals surface area contributed by atoms with Gasteiger partial charge in [0, 0.05) is 6.54 Å². The van der Waals surface area contributed by atoms with Crippen LogP contribution in [0, 0.1) is 5.92 Å². The van der Waals surface area contributed by atoms with Gasteiger partial charge in [-0.1, -0.05) is 50.6 Å². The van der Waals surface area contributed by atoms with Crippen molar-refractivity contribution in [3.8, 4) is 0 Å². The molecule has 0 aliphatic rings. The number of carbonyl (C=O) groups excluding carboxylic acids is 1. The highest BCUT2D eigenvalue weighted by atomic mass is 16.5. The first-order valence-electron chi connectivity index (χ1n) is 7.18. The second kappa shape index (κ2) is 9.13. The third-order valence-corrected chi connectivity index (χ3v) is 3.43. The number of amides is 1. The zero-order valence-corrected chi connectivity index (χ0v) is 12.5. The molecule has 116 valence electrons. The monoisotopic (exact) mass is 293 g/mol. The molecule has 2 atom stereocenters. The van der Waals surface area contributed by atoms with E-state index in [1.807, 2.05) is 30.3 Å². The second-order valence-corrected chi connectivity index (χ2v) is 5.01. The summed E-state index contributed by atoms with van der Waals surface area (Å²) in [5.74, 6) is -1.03. The van der Waals surface area contributed by atoms with Crippen molar-refractivity contribution < 1.29 is 19.4 Å². The van der Waals surface area contributed by atoms with Gasteiger partial charge in [-0.05, 0) is 11.5 Å². The first-order valence-corrected chi connectivity index (χ1v) is 7.18. The van der Waals surface area contributed by atoms with Crippen molar-refractivity contribution >= 4 is 11.9 Å². The summed E-state index contributed by atoms with van der Waals surface area (Å²) in [5, 5.41) is 11.3. The molecular weight excluding hydrogens is 270 g/mol. The lowest BCUT2D eigenvalue weighted by molar-refractivity contribution is -0.142. The van der Waals surface area contributed by atoms with E-state index in [-0.39, 0.29) is 31.0 Å². The van der Waals surface area contributed by atoms with Crippen LogP contribution in [-0.2, 0) is 14.3 Å². The molecule has 1 rings (SSSR count). The Kier molecular flexibility index (Phi) is 7.46. The lowest BCUT2D eigenvalue weighted by atomic mass is 9.85. The maximum absolute atomic E-state index is 12.4. The van der Waals surface area contributed by atoms with Gasteiger partial charge in [-0.3, -0.25) is 4.79 Å². The van der Waals surface area contributed by atoms with Crippen molar-refractivity contribution in [3.05, 3.63) is 35.9 Å². The number of ether oxygens (including phenoxy) is 1. The van der Waals surface area contributed by atoms with E-state index >= 15 is 0 Å². The molecule has 0 bridgehead atoms. The molecule has 2 N–H and O–H groups in total. The smallest absolute Gasteiger partial charge is 0.329 e. The summed E-state index contributed by atoms with van der Waals surface area (Å²) >= 11 is 0. The average molecular weight is 293 g/mol. The van der Waals surface area contributed by atoms with Crippen LogP contribution in [0.15, 0.2) is 30.3 Å². The van der Waals surface area contributed by atoms with Gasteiger partial charge in [-0.15, -0.1) is 0 Å². The molecule has 0 saturated carbocycles. The van der Waals surface area contributed by atoms with E-state index < -0.39 is 5.97 Å². The first-order chi connectivity index (χ1) is 10.1. The first kappa shape index (κ1) is 17.2. The van der Waals surface area contributed by atoms with Crippen molar-refractivity contribution in [1.82, 2.24) is 5.32 Å². The van der Waals surface area contributed by atoms with Crippen LogP contribution in [0.25, 0.3) is 0 Å². The third-order valence-electron chi connectivity index (χ3n) is 3.43. The van der Waals surface area contributed by atoms with Gasteiger partial charge in [-0.25, -0.2) is 4.79 Å². The van der Waals surface area contributed by atoms with Crippen LogP contribution in [0.1, 0.15) is 31.7 Å². The summed E-state index contributed by atoms with van der Waals surface area (Å²) in [6, 6.07) is 9.69. The second-order valence-electron chi connectivity index (χ2n) is 5.01. The van der Waals surface area contributed by atoms with Crippen LogP contribution >= 0.6 is 0 Å². The van der Waals surface area contributed by atoms with Crippen molar-refractivity contribution in [3.63, 3.8) is 0 Å². The van der Waals surface area contributed by atoms with E-state index in [9.17, 15) is 9.59 Å². The highest BCUT2D eigenvalue weighted by Gasteiger charge is 2.25. The van der Waals surface area contributed by atoms with Crippen LogP contribution < -0.4 is 5.32 Å². The quantitative estimate of drug-likeness (QED) is 0.683. The molecule has 0 aliphatic heterocycles. The summed E-state index contributed by atoms with van der Waals surface area (Å²) in [4.78, 5) is 22.7. The Labute approximate surface area is 125 Å². The SMILES string of the molecule is CCC(C)C(C(=O)NCCOCC(=O)O)c1ccccc1. The zero-order chi connectivity index (χ0) is 15.7. The van der Waals surface area contributed by atoms with Gasteiger partial charge >= 0.3 is 5.97 Å². The maximum Gasteiger partial charge on any atom is 0.329 e. The van der Waals surface area contributed by atoms with Crippen LogP contribution in [0.4, 0.5) is 0 Å². The number of carboxylic acid groups (broad SMARTS) is 1. The minimum atomic E-state index is -1.01. The molecule has 0 aromatic heterocycles. The fraction of sp³-hybridized carbons (Fsp3) is 0.500. The van der Waals surface area contributed by atoms with Gasteiger partial charge in [0.05, 0.1) is 12.5 Å². The molecule has 5 heteroatoms. The molecule has 0 aliphatic carbocycles. The third kappa shape index (κ3) is 5.95. The predicted molar refractivity (Wildman–Crippen MR) is 80.1 cm³/mol. The normalized spacial score (nSPS) is 13.4. The molecule has 2 unspecified atom stereocenters. The number of carboxylic acids is 1. The van der Waals surface area contributed by atoms with Crippen LogP contribution in [0.3, 0.4) is 0 Å². The van der Waals surface area contributed by atoms with E-state index in [0.29, 0.717) is 6.54 Å². The molecule has 21 heavy (non-hydrogen) atoms. The average Bonchev–Trinajstić information content (AvgIpc) is 2.47. The number of carbonyl (C=O) groups is 2. The lowest BCUT2D eigenvalue weighted by Crippen LogP contribution is -2.35. The lowest BCUT2D eigenvalue weighted by Gasteiger charge is -2.22. The Morgan fingerprint density at radius 3 is 2.52 bits per heavy atom. The van der Waals surface area contributed by atoms with Gasteiger partial charge in [0.15, 0.2) is 0 Å². The Bertz CT molecular complexity index is 447. The minimum Gasteiger partial charge on any atom is -0.480 e. The summed E-state index contributed by atoms with van der Waals surface area (Å²) in [5.41, 5.74) is 0.996. The molecule has 0 fully saturated rings. The molecule has 5 nitrogen and oxygen atoms in total. The van der Waals surface area contributed by atoms with Crippen molar-refractivity contribution in [2.24, 2.45) is 5.92 Å². The number of hydrogen-bond donors (Lipinski definition) is 2. The van der Waals surface area contributed by atoms with E-state index in [2.05, 4.69) is 19.2 Å². The van der Waals surface area contributed by atoms with E-state index in [1.54, 1.807) is 0 Å². The fourth-order valence-electron chi connectivity index (χ4n) is 2.15. The molecule has 0 spiro atoms. The largest absolute Gasteiger partial charge is 0.480 e. The van der Waals surface area contributed by atoms with Gasteiger partial charge in [-0.2, -0.15) is 0 Å². The summed E-state index contributed by atoms with van der Waals surface area (Å²) in [6.45, 7) is 4.28. The Morgan fingerprint density at radius 1 is 1.29 bits per heavy atom. The number of benzene rings is 1. The molecule has 0 saturated heterocycles. The van der Waals surface area contributed by atoms with Crippen molar-refractivity contribution in [2.45, 2.75) is 26.2 Å². The molecule has 1 amide bonds.